The molecule has 0 amide bonds. The number of carbonyl (C=O) groups is 1. The molecule has 8 nitrogen and oxygen atoms in total. The fraction of sp³-hybridized carbons (Fsp3) is 0.333. The molecule has 150 valence electrons. The van der Waals surface area contributed by atoms with E-state index < -0.39 is 17.3 Å². The second kappa shape index (κ2) is 6.58. The Labute approximate surface area is 166 Å². The maximum Gasteiger partial charge on any atom is 0.333 e. The number of aromatic nitrogens is 5. The summed E-state index contributed by atoms with van der Waals surface area (Å²) in [6, 6.07) is 9.14. The quantitative estimate of drug-likeness (QED) is 0.531. The maximum absolute atomic E-state index is 13.3. The average Bonchev–Trinajstić information content (AvgIpc) is 3.19. The fourth-order valence-electron chi connectivity index (χ4n) is 3.76. The van der Waals surface area contributed by atoms with Gasteiger partial charge in [0.05, 0.1) is 12.6 Å². The highest BCUT2D eigenvalue weighted by Gasteiger charge is 2.25. The number of ketones is 1. The lowest BCUT2D eigenvalue weighted by Crippen LogP contribution is -2.42. The molecule has 0 bridgehead atoms. The molecule has 0 unspecified atom stereocenters. The molecule has 4 aromatic rings. The zero-order valence-electron chi connectivity index (χ0n) is 17.1. The van der Waals surface area contributed by atoms with Gasteiger partial charge in [-0.25, -0.2) is 9.36 Å². The van der Waals surface area contributed by atoms with E-state index in [-0.39, 0.29) is 5.78 Å². The van der Waals surface area contributed by atoms with Crippen molar-refractivity contribution < 1.29 is 4.79 Å². The minimum Gasteiger partial charge on any atom is -0.309 e. The number of rotatable bonds is 4. The van der Waals surface area contributed by atoms with Gasteiger partial charge in [0, 0.05) is 18.4 Å². The van der Waals surface area contributed by atoms with Crippen LogP contribution >= 0.6 is 0 Å². The number of hydrogen-bond donors (Lipinski definition) is 0. The lowest BCUT2D eigenvalue weighted by atomic mass is 10.2. The van der Waals surface area contributed by atoms with Crippen LogP contribution in [0.5, 0.6) is 0 Å². The second-order valence-electron chi connectivity index (χ2n) is 7.47. The van der Waals surface area contributed by atoms with E-state index in [0.29, 0.717) is 23.5 Å². The summed E-state index contributed by atoms with van der Waals surface area (Å²) in [7, 11) is 1.57. The van der Waals surface area contributed by atoms with Crippen LogP contribution in [0, 0.1) is 13.8 Å². The fourth-order valence-corrected chi connectivity index (χ4v) is 3.76. The van der Waals surface area contributed by atoms with E-state index in [1.165, 1.54) is 11.5 Å². The number of benzene rings is 1. The summed E-state index contributed by atoms with van der Waals surface area (Å²) >= 11 is 0. The molecule has 3 aromatic heterocycles. The molecular weight excluding hydrogens is 370 g/mol. The third kappa shape index (κ3) is 2.66. The van der Waals surface area contributed by atoms with Gasteiger partial charge >= 0.3 is 5.69 Å². The highest BCUT2D eigenvalue weighted by Crippen LogP contribution is 2.22. The first-order chi connectivity index (χ1) is 13.7. The van der Waals surface area contributed by atoms with Gasteiger partial charge in [-0.15, -0.1) is 0 Å². The van der Waals surface area contributed by atoms with Gasteiger partial charge in [-0.2, -0.15) is 4.98 Å². The third-order valence-electron chi connectivity index (χ3n) is 5.74. The van der Waals surface area contributed by atoms with E-state index in [9.17, 15) is 14.4 Å². The Hall–Kier alpha value is -3.42. The molecule has 0 aliphatic carbocycles. The summed E-state index contributed by atoms with van der Waals surface area (Å²) in [6.07, 6.45) is 0. The van der Waals surface area contributed by atoms with Crippen LogP contribution in [0.1, 0.15) is 36.8 Å². The molecule has 0 radical (unpaired) electrons. The maximum atomic E-state index is 13.3. The topological polar surface area (TPSA) is 83.3 Å². The summed E-state index contributed by atoms with van der Waals surface area (Å²) in [5, 5.41) is 0. The molecule has 8 heteroatoms. The summed E-state index contributed by atoms with van der Waals surface area (Å²) in [6.45, 7) is 7.44. The molecule has 1 aromatic carbocycles. The van der Waals surface area contributed by atoms with E-state index in [4.69, 9.17) is 0 Å². The standard InChI is InChI=1S/C21H23N5O3/c1-12-13(2)25-17-18(22-20(25)24(12)11-16-9-7-6-8-10-16)23(5)21(29)26(19(17)28)14(3)15(4)27/h6-10,14H,11H2,1-5H3/t14-/m1/s1. The zero-order chi connectivity index (χ0) is 21.0. The highest BCUT2D eigenvalue weighted by atomic mass is 16.2. The van der Waals surface area contributed by atoms with E-state index >= 15 is 0 Å². The number of carbonyl (C=O) groups excluding carboxylic acids is 1. The van der Waals surface area contributed by atoms with Crippen LogP contribution in [0.4, 0.5) is 0 Å². The van der Waals surface area contributed by atoms with Gasteiger partial charge in [0.1, 0.15) is 0 Å². The molecule has 0 aliphatic heterocycles. The normalized spacial score (nSPS) is 12.7. The van der Waals surface area contributed by atoms with Gasteiger partial charge in [0.25, 0.3) is 5.56 Å². The SMILES string of the molecule is CC(=O)[C@@H](C)n1c(=O)c2c(nc3n(Cc4ccccc4)c(C)c(C)n23)n(C)c1=O. The first-order valence-corrected chi connectivity index (χ1v) is 9.47. The summed E-state index contributed by atoms with van der Waals surface area (Å²) in [5.74, 6) is 0.345. The Morgan fingerprint density at radius 2 is 1.76 bits per heavy atom. The predicted molar refractivity (Wildman–Crippen MR) is 111 cm³/mol. The Kier molecular flexibility index (Phi) is 4.29. The molecule has 0 N–H and O–H groups in total. The Bertz CT molecular complexity index is 1390. The third-order valence-corrected chi connectivity index (χ3v) is 5.74. The Balaban J connectivity index is 2.10. The van der Waals surface area contributed by atoms with Gasteiger partial charge in [-0.05, 0) is 33.3 Å². The van der Waals surface area contributed by atoms with Gasteiger partial charge in [0.2, 0.25) is 5.78 Å². The van der Waals surface area contributed by atoms with Crippen molar-refractivity contribution in [1.82, 2.24) is 23.1 Å². The smallest absolute Gasteiger partial charge is 0.309 e. The zero-order valence-corrected chi connectivity index (χ0v) is 17.1. The van der Waals surface area contributed by atoms with E-state index in [2.05, 4.69) is 4.98 Å². The first-order valence-electron chi connectivity index (χ1n) is 9.47. The molecule has 1 atom stereocenters. The van der Waals surface area contributed by atoms with Gasteiger partial charge in [-0.3, -0.25) is 18.6 Å². The van der Waals surface area contributed by atoms with Gasteiger partial charge < -0.3 is 4.57 Å². The largest absolute Gasteiger partial charge is 0.333 e. The van der Waals surface area contributed by atoms with E-state index in [1.54, 1.807) is 18.4 Å². The summed E-state index contributed by atoms with van der Waals surface area (Å²) < 4.78 is 6.18. The first kappa shape index (κ1) is 18.9. The predicted octanol–water partition coefficient (Wildman–Crippen LogP) is 1.96. The molecular formula is C21H23N5O3. The number of fused-ring (bicyclic) bond motifs is 3. The Morgan fingerprint density at radius 1 is 1.10 bits per heavy atom. The molecule has 0 saturated carbocycles. The van der Waals surface area contributed by atoms with E-state index in [0.717, 1.165) is 21.5 Å². The van der Waals surface area contributed by atoms with Crippen LogP contribution in [0.2, 0.25) is 0 Å². The minimum absolute atomic E-state index is 0.251. The molecule has 0 spiro atoms. The lowest BCUT2D eigenvalue weighted by Gasteiger charge is -2.12. The van der Waals surface area contributed by atoms with Crippen molar-refractivity contribution in [3.05, 3.63) is 68.1 Å². The number of aryl methyl sites for hydroxylation is 2. The molecule has 3 heterocycles. The second-order valence-corrected chi connectivity index (χ2v) is 7.47. The lowest BCUT2D eigenvalue weighted by molar-refractivity contribution is -0.119. The minimum atomic E-state index is -0.844. The monoisotopic (exact) mass is 393 g/mol. The number of imidazole rings is 2. The molecule has 0 aliphatic rings. The van der Waals surface area contributed by atoms with Crippen molar-refractivity contribution >= 4 is 22.7 Å². The summed E-state index contributed by atoms with van der Waals surface area (Å²) in [5.41, 5.74) is 2.54. The van der Waals surface area contributed by atoms with Crippen LogP contribution in [0.25, 0.3) is 16.9 Å². The van der Waals surface area contributed by atoms with Crippen LogP contribution < -0.4 is 11.2 Å². The van der Waals surface area contributed by atoms with Crippen LogP contribution in [0.3, 0.4) is 0 Å². The number of Topliss-reactive ketones (excluding diaryl/α,β-unsaturated/α-hetero) is 1. The van der Waals surface area contributed by atoms with Crippen molar-refractivity contribution in [1.29, 1.82) is 0 Å². The van der Waals surface area contributed by atoms with Crippen molar-refractivity contribution in [2.75, 3.05) is 0 Å². The van der Waals surface area contributed by atoms with Crippen LogP contribution in [0.15, 0.2) is 39.9 Å². The van der Waals surface area contributed by atoms with Crippen molar-refractivity contribution in [3.63, 3.8) is 0 Å². The van der Waals surface area contributed by atoms with Crippen molar-refractivity contribution in [2.45, 2.75) is 40.3 Å². The summed E-state index contributed by atoms with van der Waals surface area (Å²) in [4.78, 5) is 42.6. The van der Waals surface area contributed by atoms with Crippen LogP contribution in [-0.2, 0) is 18.4 Å². The molecule has 29 heavy (non-hydrogen) atoms. The Morgan fingerprint density at radius 3 is 2.38 bits per heavy atom. The molecule has 0 saturated heterocycles. The molecule has 0 fully saturated rings. The van der Waals surface area contributed by atoms with Gasteiger partial charge in [0.15, 0.2) is 16.9 Å². The average molecular weight is 393 g/mol. The van der Waals surface area contributed by atoms with Crippen molar-refractivity contribution in [3.8, 4) is 0 Å². The van der Waals surface area contributed by atoms with E-state index in [1.807, 2.05) is 48.7 Å². The molecule has 4 rings (SSSR count). The number of nitrogens with zero attached hydrogens (tertiary/aromatic N) is 5. The van der Waals surface area contributed by atoms with Gasteiger partial charge in [-0.1, -0.05) is 30.3 Å². The van der Waals surface area contributed by atoms with Crippen LogP contribution in [-0.4, -0.2) is 28.9 Å². The number of hydrogen-bond acceptors (Lipinski definition) is 4. The van der Waals surface area contributed by atoms with Crippen molar-refractivity contribution in [2.24, 2.45) is 7.05 Å². The highest BCUT2D eigenvalue weighted by molar-refractivity contribution is 5.81.